The second-order valence-corrected chi connectivity index (χ2v) is 4.52. The molecule has 0 aliphatic carbocycles. The largest absolute Gasteiger partial charge is 0.480 e. The monoisotopic (exact) mass is 252 g/mol. The Kier molecular flexibility index (Phi) is 11.0. The molecule has 1 atom stereocenters. The van der Waals surface area contributed by atoms with Crippen molar-refractivity contribution in [3.8, 4) is 0 Å². The molecular formula is C10H20O5S. The zero-order valence-corrected chi connectivity index (χ0v) is 10.6. The fourth-order valence-corrected chi connectivity index (χ4v) is 1.53. The van der Waals surface area contributed by atoms with E-state index in [1.165, 1.54) is 11.8 Å². The summed E-state index contributed by atoms with van der Waals surface area (Å²) in [6.45, 7) is 4.46. The fraction of sp³-hybridized carbons (Fsp3) is 0.900. The van der Waals surface area contributed by atoms with Crippen LogP contribution in [-0.2, 0) is 19.0 Å². The Morgan fingerprint density at radius 1 is 1.19 bits per heavy atom. The number of aliphatic carboxylic acids is 1. The minimum absolute atomic E-state index is 0.374. The van der Waals surface area contributed by atoms with Crippen LogP contribution in [0.25, 0.3) is 0 Å². The Balaban J connectivity index is 3.07. The smallest absolute Gasteiger partial charge is 0.316 e. The molecule has 5 nitrogen and oxygen atoms in total. The Hall–Kier alpha value is -0.300. The van der Waals surface area contributed by atoms with E-state index in [0.717, 1.165) is 0 Å². The topological polar surface area (TPSA) is 65.0 Å². The van der Waals surface area contributed by atoms with Gasteiger partial charge in [-0.3, -0.25) is 4.79 Å². The van der Waals surface area contributed by atoms with Gasteiger partial charge in [-0.2, -0.15) is 0 Å². The van der Waals surface area contributed by atoms with Gasteiger partial charge in [0.15, 0.2) is 0 Å². The predicted octanol–water partition coefficient (Wildman–Crippen LogP) is 0.872. The van der Waals surface area contributed by atoms with Crippen LogP contribution in [0.1, 0.15) is 6.92 Å². The highest BCUT2D eigenvalue weighted by molar-refractivity contribution is 8.00. The second kappa shape index (κ2) is 11.2. The van der Waals surface area contributed by atoms with E-state index in [2.05, 4.69) is 0 Å². The van der Waals surface area contributed by atoms with Crippen LogP contribution < -0.4 is 0 Å². The van der Waals surface area contributed by atoms with Gasteiger partial charge in [-0.25, -0.2) is 0 Å². The average Bonchev–Trinajstić information content (AvgIpc) is 2.26. The number of hydrogen-bond donors (Lipinski definition) is 1. The molecule has 0 bridgehead atoms. The molecule has 0 aliphatic heterocycles. The van der Waals surface area contributed by atoms with E-state index in [1.54, 1.807) is 14.0 Å². The van der Waals surface area contributed by atoms with E-state index < -0.39 is 5.97 Å². The molecule has 1 unspecified atom stereocenters. The van der Waals surface area contributed by atoms with Gasteiger partial charge in [-0.1, -0.05) is 0 Å². The van der Waals surface area contributed by atoms with Crippen LogP contribution in [0, 0.1) is 0 Å². The van der Waals surface area contributed by atoms with Crippen molar-refractivity contribution in [2.45, 2.75) is 12.2 Å². The van der Waals surface area contributed by atoms with Crippen LogP contribution in [0.2, 0.25) is 0 Å². The standard InChI is InChI=1S/C10H20O5S/c1-9(10(11)12)16-8-7-15-6-5-14-4-3-13-2/h9H,3-8H2,1-2H3,(H,11,12). The van der Waals surface area contributed by atoms with Crippen molar-refractivity contribution in [3.63, 3.8) is 0 Å². The summed E-state index contributed by atoms with van der Waals surface area (Å²) in [6.07, 6.45) is 0. The Bertz CT molecular complexity index is 177. The normalized spacial score (nSPS) is 12.6. The number of thioether (sulfide) groups is 1. The Morgan fingerprint density at radius 3 is 2.31 bits per heavy atom. The quantitative estimate of drug-likeness (QED) is 0.550. The molecule has 0 aromatic carbocycles. The van der Waals surface area contributed by atoms with Crippen LogP contribution in [0.5, 0.6) is 0 Å². The van der Waals surface area contributed by atoms with Gasteiger partial charge in [0.25, 0.3) is 0 Å². The number of carbonyl (C=O) groups is 1. The van der Waals surface area contributed by atoms with Gasteiger partial charge in [0.05, 0.1) is 38.3 Å². The number of ether oxygens (including phenoxy) is 3. The summed E-state index contributed by atoms with van der Waals surface area (Å²) in [5.41, 5.74) is 0. The maximum atomic E-state index is 10.5. The van der Waals surface area contributed by atoms with Crippen molar-refractivity contribution in [2.75, 3.05) is 45.9 Å². The number of rotatable bonds is 11. The van der Waals surface area contributed by atoms with Gasteiger partial charge < -0.3 is 19.3 Å². The number of methoxy groups -OCH3 is 1. The highest BCUT2D eigenvalue weighted by Gasteiger charge is 2.09. The van der Waals surface area contributed by atoms with E-state index in [9.17, 15) is 4.79 Å². The third kappa shape index (κ3) is 10.2. The Labute approximate surface area is 100 Å². The first-order chi connectivity index (χ1) is 7.68. The summed E-state index contributed by atoms with van der Waals surface area (Å²) in [4.78, 5) is 10.5. The molecule has 0 saturated carbocycles. The predicted molar refractivity (Wildman–Crippen MR) is 63.1 cm³/mol. The molecule has 0 rings (SSSR count). The summed E-state index contributed by atoms with van der Waals surface area (Å²) >= 11 is 1.37. The molecular weight excluding hydrogens is 232 g/mol. The lowest BCUT2D eigenvalue weighted by Crippen LogP contribution is -2.14. The third-order valence-electron chi connectivity index (χ3n) is 1.75. The summed E-state index contributed by atoms with van der Waals surface area (Å²) in [5.74, 6) is -0.0983. The lowest BCUT2D eigenvalue weighted by molar-refractivity contribution is -0.136. The maximum Gasteiger partial charge on any atom is 0.316 e. The molecule has 6 heteroatoms. The van der Waals surface area contributed by atoms with Crippen molar-refractivity contribution >= 4 is 17.7 Å². The lowest BCUT2D eigenvalue weighted by Gasteiger charge is -2.07. The molecule has 0 heterocycles. The molecule has 0 aliphatic rings. The first-order valence-electron chi connectivity index (χ1n) is 5.17. The van der Waals surface area contributed by atoms with Crippen LogP contribution in [-0.4, -0.2) is 62.2 Å². The van der Waals surface area contributed by atoms with Gasteiger partial charge >= 0.3 is 5.97 Å². The molecule has 0 fully saturated rings. The molecule has 0 saturated heterocycles. The minimum atomic E-state index is -0.784. The highest BCUT2D eigenvalue weighted by Crippen LogP contribution is 2.09. The fourth-order valence-electron chi connectivity index (χ4n) is 0.819. The summed E-state index contributed by atoms with van der Waals surface area (Å²) in [6, 6.07) is 0. The van der Waals surface area contributed by atoms with E-state index in [1.807, 2.05) is 0 Å². The van der Waals surface area contributed by atoms with Gasteiger partial charge in [0.1, 0.15) is 0 Å². The lowest BCUT2D eigenvalue weighted by atomic mass is 10.5. The molecule has 16 heavy (non-hydrogen) atoms. The number of carboxylic acid groups (broad SMARTS) is 1. The summed E-state index contributed by atoms with van der Waals surface area (Å²) in [7, 11) is 1.63. The molecule has 96 valence electrons. The first-order valence-corrected chi connectivity index (χ1v) is 6.22. The molecule has 0 aromatic heterocycles. The van der Waals surface area contributed by atoms with Crippen LogP contribution >= 0.6 is 11.8 Å². The summed E-state index contributed by atoms with van der Waals surface area (Å²) in [5, 5.41) is 8.24. The van der Waals surface area contributed by atoms with Crippen molar-refractivity contribution in [1.29, 1.82) is 0 Å². The highest BCUT2D eigenvalue weighted by atomic mass is 32.2. The average molecular weight is 252 g/mol. The zero-order chi connectivity index (χ0) is 12.2. The first kappa shape index (κ1) is 15.7. The van der Waals surface area contributed by atoms with Gasteiger partial charge in [-0.05, 0) is 6.92 Å². The third-order valence-corrected chi connectivity index (χ3v) is 2.85. The van der Waals surface area contributed by atoms with Crippen molar-refractivity contribution in [1.82, 2.24) is 0 Å². The molecule has 0 aromatic rings. The molecule has 0 radical (unpaired) electrons. The van der Waals surface area contributed by atoms with Crippen LogP contribution in [0.4, 0.5) is 0 Å². The number of carboxylic acids is 1. The van der Waals surface area contributed by atoms with E-state index >= 15 is 0 Å². The second-order valence-electron chi connectivity index (χ2n) is 3.07. The van der Waals surface area contributed by atoms with Crippen LogP contribution in [0.15, 0.2) is 0 Å². The van der Waals surface area contributed by atoms with Gasteiger partial charge in [0.2, 0.25) is 0 Å². The van der Waals surface area contributed by atoms with Crippen LogP contribution in [0.3, 0.4) is 0 Å². The van der Waals surface area contributed by atoms with Gasteiger partial charge in [0, 0.05) is 12.9 Å². The SMILES string of the molecule is COCCOCCOCCSC(C)C(=O)O. The summed E-state index contributed by atoms with van der Waals surface area (Å²) < 4.78 is 15.3. The van der Waals surface area contributed by atoms with E-state index in [-0.39, 0.29) is 5.25 Å². The number of hydrogen-bond acceptors (Lipinski definition) is 5. The zero-order valence-electron chi connectivity index (χ0n) is 9.81. The molecule has 1 N–H and O–H groups in total. The van der Waals surface area contributed by atoms with Crippen molar-refractivity contribution < 1.29 is 24.1 Å². The maximum absolute atomic E-state index is 10.5. The Morgan fingerprint density at radius 2 is 1.75 bits per heavy atom. The van der Waals surface area contributed by atoms with E-state index in [4.69, 9.17) is 19.3 Å². The van der Waals surface area contributed by atoms with Crippen molar-refractivity contribution in [3.05, 3.63) is 0 Å². The molecule has 0 amide bonds. The molecule has 0 spiro atoms. The van der Waals surface area contributed by atoms with E-state index in [0.29, 0.717) is 38.8 Å². The van der Waals surface area contributed by atoms with Crippen molar-refractivity contribution in [2.24, 2.45) is 0 Å². The van der Waals surface area contributed by atoms with Gasteiger partial charge in [-0.15, -0.1) is 11.8 Å². The minimum Gasteiger partial charge on any atom is -0.480 e.